The molecule has 0 aliphatic carbocycles. The van der Waals surface area contributed by atoms with E-state index in [1.165, 1.54) is 283 Å². The zero-order chi connectivity index (χ0) is 54.9. The highest BCUT2D eigenvalue weighted by atomic mass is 31.2. The summed E-state index contributed by atoms with van der Waals surface area (Å²) in [6.45, 7) is 4.69. The number of allylic oxidation sites excluding steroid dienone is 3. The number of aliphatic hydroxyl groups excluding tert-OH is 1. The average molecular weight is 1080 g/mol. The Bertz CT molecular complexity index is 1270. The normalized spacial score (nSPS) is 13.9. The maximum Gasteiger partial charge on any atom is 0.268 e. The lowest BCUT2D eigenvalue weighted by Crippen LogP contribution is -2.45. The molecule has 446 valence electrons. The van der Waals surface area contributed by atoms with Crippen LogP contribution in [-0.2, 0) is 18.4 Å². The molecule has 0 aromatic heterocycles. The van der Waals surface area contributed by atoms with Crippen molar-refractivity contribution in [1.82, 2.24) is 5.32 Å². The van der Waals surface area contributed by atoms with Gasteiger partial charge in [-0.2, -0.15) is 0 Å². The molecule has 0 fully saturated rings. The molecule has 9 heteroatoms. The predicted octanol–water partition coefficient (Wildman–Crippen LogP) is 20.1. The summed E-state index contributed by atoms with van der Waals surface area (Å²) in [6.07, 6.45) is 74.4. The number of nitrogens with zero attached hydrogens (tertiary/aromatic N) is 1. The molecule has 2 N–H and O–H groups in total. The van der Waals surface area contributed by atoms with Crippen LogP contribution in [0.2, 0.25) is 0 Å². The molecule has 0 saturated heterocycles. The van der Waals surface area contributed by atoms with E-state index in [0.29, 0.717) is 17.4 Å². The maximum absolute atomic E-state index is 13.0. The molecule has 0 aliphatic rings. The number of hydrogen-bond acceptors (Lipinski definition) is 6. The van der Waals surface area contributed by atoms with E-state index in [0.717, 1.165) is 38.5 Å². The van der Waals surface area contributed by atoms with Gasteiger partial charge in [0.15, 0.2) is 0 Å². The summed E-state index contributed by atoms with van der Waals surface area (Å²) in [5, 5.41) is 13.9. The van der Waals surface area contributed by atoms with Crippen molar-refractivity contribution in [2.45, 2.75) is 353 Å². The lowest BCUT2D eigenvalue weighted by Gasteiger charge is -2.29. The molecule has 8 nitrogen and oxygen atoms in total. The van der Waals surface area contributed by atoms with E-state index in [-0.39, 0.29) is 19.1 Å². The first kappa shape index (κ1) is 74.0. The molecule has 0 heterocycles. The van der Waals surface area contributed by atoms with E-state index >= 15 is 0 Å². The van der Waals surface area contributed by atoms with Gasteiger partial charge in [-0.3, -0.25) is 9.36 Å². The molecule has 0 rings (SSSR count). The minimum Gasteiger partial charge on any atom is -0.756 e. The first-order chi connectivity index (χ1) is 36.5. The number of phosphoric acid groups is 1. The second kappa shape index (κ2) is 57.7. The van der Waals surface area contributed by atoms with Crippen molar-refractivity contribution in [3.05, 3.63) is 24.3 Å². The van der Waals surface area contributed by atoms with E-state index in [4.69, 9.17) is 9.05 Å². The number of likely N-dealkylation sites (N-methyl/N-ethyl adjacent to an activating group) is 1. The highest BCUT2D eigenvalue weighted by Crippen LogP contribution is 2.38. The smallest absolute Gasteiger partial charge is 0.268 e. The monoisotopic (exact) mass is 1080 g/mol. The Labute approximate surface area is 468 Å². The minimum absolute atomic E-state index is 0.00352. The van der Waals surface area contributed by atoms with Gasteiger partial charge < -0.3 is 28.8 Å². The Hall–Kier alpha value is -1.02. The van der Waals surface area contributed by atoms with E-state index in [2.05, 4.69) is 31.3 Å². The fraction of sp³-hybridized carbons (Fsp3) is 0.924. The summed E-state index contributed by atoms with van der Waals surface area (Å²) in [5.41, 5.74) is 0. The fourth-order valence-electron chi connectivity index (χ4n) is 10.2. The molecule has 0 radical (unpaired) electrons. The third-order valence-electron chi connectivity index (χ3n) is 15.4. The Kier molecular flexibility index (Phi) is 56.9. The molecular weight excluding hydrogens is 948 g/mol. The highest BCUT2D eigenvalue weighted by molar-refractivity contribution is 7.45. The number of phosphoric ester groups is 1. The quantitative estimate of drug-likeness (QED) is 0.0272. The number of hydrogen-bond donors (Lipinski definition) is 2. The van der Waals surface area contributed by atoms with Crippen LogP contribution in [0.25, 0.3) is 0 Å². The van der Waals surface area contributed by atoms with Crippen molar-refractivity contribution in [3.63, 3.8) is 0 Å². The van der Waals surface area contributed by atoms with Crippen LogP contribution in [0.15, 0.2) is 24.3 Å². The molecule has 0 spiro atoms. The molecule has 0 aromatic carbocycles. The second-order valence-corrected chi connectivity index (χ2v) is 25.6. The van der Waals surface area contributed by atoms with E-state index < -0.39 is 20.0 Å². The minimum atomic E-state index is -4.61. The van der Waals surface area contributed by atoms with Gasteiger partial charge in [0.05, 0.1) is 39.9 Å². The van der Waals surface area contributed by atoms with Crippen molar-refractivity contribution in [1.29, 1.82) is 0 Å². The number of amides is 1. The second-order valence-electron chi connectivity index (χ2n) is 24.2. The van der Waals surface area contributed by atoms with Crippen LogP contribution in [0.1, 0.15) is 341 Å². The fourth-order valence-corrected chi connectivity index (χ4v) is 11.0. The molecule has 0 aliphatic heterocycles. The number of carbonyl (C=O) groups excluding carboxylic acids is 1. The molecule has 0 aromatic rings. The van der Waals surface area contributed by atoms with Crippen LogP contribution >= 0.6 is 7.82 Å². The first-order valence-electron chi connectivity index (χ1n) is 33.2. The molecule has 75 heavy (non-hydrogen) atoms. The Morgan fingerprint density at radius 2 is 0.747 bits per heavy atom. The van der Waals surface area contributed by atoms with Crippen LogP contribution in [0.4, 0.5) is 0 Å². The SMILES string of the molecule is CCCCCCCCCCCCCCCCCCCCCCCCCCCC/C=C/CC/C=C/C(O)C(COP(=O)([O-])OCC[N+](C)(C)C)NC(=O)CCCCCCCCCCCCCCCCCCCCCCC. The van der Waals surface area contributed by atoms with E-state index in [1.54, 1.807) is 6.08 Å². The summed E-state index contributed by atoms with van der Waals surface area (Å²) in [4.78, 5) is 25.6. The van der Waals surface area contributed by atoms with E-state index in [1.807, 2.05) is 27.2 Å². The van der Waals surface area contributed by atoms with Gasteiger partial charge >= 0.3 is 0 Å². The lowest BCUT2D eigenvalue weighted by atomic mass is 10.0. The van der Waals surface area contributed by atoms with Crippen LogP contribution in [0.5, 0.6) is 0 Å². The average Bonchev–Trinajstić information content (AvgIpc) is 3.37. The molecule has 0 bridgehead atoms. The number of carbonyl (C=O) groups is 1. The van der Waals surface area contributed by atoms with Crippen molar-refractivity contribution >= 4 is 13.7 Å². The van der Waals surface area contributed by atoms with E-state index in [9.17, 15) is 19.4 Å². The van der Waals surface area contributed by atoms with Gasteiger partial charge in [0.2, 0.25) is 5.91 Å². The standard InChI is InChI=1S/C66H131N2O6P/c1-6-8-10-12-14-16-18-20-22-24-26-28-29-30-31-32-33-34-35-36-37-38-40-41-43-45-47-49-51-53-55-57-59-65(69)64(63-74-75(71,72)73-62-61-68(3,4)5)67-66(70)60-58-56-54-52-50-48-46-44-42-39-27-25-23-21-19-17-15-13-11-9-7-2/h49,51,57,59,64-65,69H,6-48,50,52-56,58,60-63H2,1-5H3,(H-,67,70,71,72)/b51-49+,59-57+. The van der Waals surface area contributed by atoms with Crippen LogP contribution in [-0.4, -0.2) is 68.5 Å². The summed E-state index contributed by atoms with van der Waals surface area (Å²) in [7, 11) is 1.26. The van der Waals surface area contributed by atoms with Crippen molar-refractivity contribution in [3.8, 4) is 0 Å². The van der Waals surface area contributed by atoms with Crippen molar-refractivity contribution < 1.29 is 32.9 Å². The number of quaternary nitrogens is 1. The third kappa shape index (κ3) is 60.5. The van der Waals surface area contributed by atoms with Gasteiger partial charge in [-0.1, -0.05) is 327 Å². The van der Waals surface area contributed by atoms with Gasteiger partial charge in [0, 0.05) is 6.42 Å². The predicted molar refractivity (Wildman–Crippen MR) is 325 cm³/mol. The molecule has 0 saturated carbocycles. The number of rotatable bonds is 62. The largest absolute Gasteiger partial charge is 0.756 e. The zero-order valence-corrected chi connectivity index (χ0v) is 51.9. The third-order valence-corrected chi connectivity index (χ3v) is 16.4. The van der Waals surface area contributed by atoms with Crippen LogP contribution < -0.4 is 10.2 Å². The summed E-state index contributed by atoms with van der Waals surface area (Å²) in [5.74, 6) is -0.200. The number of aliphatic hydroxyl groups is 1. The highest BCUT2D eigenvalue weighted by Gasteiger charge is 2.23. The maximum atomic E-state index is 13.0. The zero-order valence-electron chi connectivity index (χ0n) is 51.0. The van der Waals surface area contributed by atoms with Crippen molar-refractivity contribution in [2.24, 2.45) is 0 Å². The first-order valence-corrected chi connectivity index (χ1v) is 34.7. The number of nitrogens with one attached hydrogen (secondary N) is 1. The van der Waals surface area contributed by atoms with Gasteiger partial charge in [-0.25, -0.2) is 0 Å². The summed E-state index contributed by atoms with van der Waals surface area (Å²) in [6, 6.07) is -0.901. The van der Waals surface area contributed by atoms with Gasteiger partial charge in [0.25, 0.3) is 7.82 Å². The van der Waals surface area contributed by atoms with Gasteiger partial charge in [0.1, 0.15) is 13.2 Å². The van der Waals surface area contributed by atoms with Gasteiger partial charge in [-0.15, -0.1) is 0 Å². The molecule has 3 atom stereocenters. The van der Waals surface area contributed by atoms with Crippen LogP contribution in [0, 0.1) is 0 Å². The molecule has 1 amide bonds. The van der Waals surface area contributed by atoms with Gasteiger partial charge in [-0.05, 0) is 32.1 Å². The summed E-state index contributed by atoms with van der Waals surface area (Å²) < 4.78 is 23.4. The van der Waals surface area contributed by atoms with Crippen molar-refractivity contribution in [2.75, 3.05) is 40.9 Å². The van der Waals surface area contributed by atoms with Crippen LogP contribution in [0.3, 0.4) is 0 Å². The molecular formula is C66H131N2O6P. The Balaban J connectivity index is 4.09. The lowest BCUT2D eigenvalue weighted by molar-refractivity contribution is -0.870. The summed E-state index contributed by atoms with van der Waals surface area (Å²) >= 11 is 0. The Morgan fingerprint density at radius 1 is 0.453 bits per heavy atom. The number of unbranched alkanes of at least 4 members (excludes halogenated alkanes) is 47. The topological polar surface area (TPSA) is 108 Å². The molecule has 3 unspecified atom stereocenters. The Morgan fingerprint density at radius 3 is 1.08 bits per heavy atom.